The lowest BCUT2D eigenvalue weighted by molar-refractivity contribution is 0.0668. The van der Waals surface area contributed by atoms with E-state index in [-0.39, 0.29) is 11.6 Å². The number of nitrogens with zero attached hydrogens (tertiary/aromatic N) is 1. The molecule has 126 valence electrons. The van der Waals surface area contributed by atoms with E-state index in [1.165, 1.54) is 0 Å². The van der Waals surface area contributed by atoms with Crippen molar-refractivity contribution in [3.63, 3.8) is 0 Å². The molecule has 0 unspecified atom stereocenters. The molecule has 2 aromatic carbocycles. The van der Waals surface area contributed by atoms with E-state index in [9.17, 15) is 9.59 Å². The molecule has 0 fully saturated rings. The van der Waals surface area contributed by atoms with Crippen molar-refractivity contribution in [1.82, 2.24) is 4.90 Å². The zero-order valence-electron chi connectivity index (χ0n) is 14.9. The van der Waals surface area contributed by atoms with Crippen LogP contribution in [0.2, 0.25) is 0 Å². The summed E-state index contributed by atoms with van der Waals surface area (Å²) in [7, 11) is 0. The van der Waals surface area contributed by atoms with Crippen LogP contribution in [0.1, 0.15) is 54.0 Å². The number of carbonyl (C=O) groups excluding carboxylic acids is 2. The van der Waals surface area contributed by atoms with E-state index in [0.717, 1.165) is 13.1 Å². The number of hydrogen-bond acceptors (Lipinski definition) is 3. The van der Waals surface area contributed by atoms with Gasteiger partial charge >= 0.3 is 0 Å². The molecule has 0 spiro atoms. The maximum atomic E-state index is 12.9. The van der Waals surface area contributed by atoms with E-state index >= 15 is 0 Å². The fraction of sp³-hybridized carbons (Fsp3) is 0.333. The lowest BCUT2D eigenvalue weighted by Crippen LogP contribution is -2.49. The molecular formula is C21H25NO2. The first-order valence-corrected chi connectivity index (χ1v) is 8.41. The summed E-state index contributed by atoms with van der Waals surface area (Å²) in [4.78, 5) is 27.4. The van der Waals surface area contributed by atoms with Crippen molar-refractivity contribution >= 4 is 11.6 Å². The van der Waals surface area contributed by atoms with Gasteiger partial charge in [-0.25, -0.2) is 0 Å². The highest BCUT2D eigenvalue weighted by molar-refractivity contribution is 6.10. The first kappa shape index (κ1) is 18.1. The number of Topliss-reactive ketones (excluding diaryl/α,β-unsaturated/α-hetero) is 1. The summed E-state index contributed by atoms with van der Waals surface area (Å²) in [5.74, 6) is 0.0440. The van der Waals surface area contributed by atoms with Crippen LogP contribution in [0.15, 0.2) is 54.6 Å². The number of ketones is 2. The predicted molar refractivity (Wildman–Crippen MR) is 97.6 cm³/mol. The van der Waals surface area contributed by atoms with Crippen LogP contribution < -0.4 is 0 Å². The Morgan fingerprint density at radius 2 is 1.25 bits per heavy atom. The molecule has 0 aliphatic heterocycles. The Morgan fingerprint density at radius 1 is 0.792 bits per heavy atom. The van der Waals surface area contributed by atoms with Crippen molar-refractivity contribution in [2.75, 3.05) is 13.1 Å². The summed E-state index contributed by atoms with van der Waals surface area (Å²) in [5.41, 5.74) is 1.32. The smallest absolute Gasteiger partial charge is 0.193 e. The van der Waals surface area contributed by atoms with Crippen molar-refractivity contribution in [2.24, 2.45) is 0 Å². The normalized spacial score (nSPS) is 11.5. The Kier molecular flexibility index (Phi) is 5.68. The van der Waals surface area contributed by atoms with Crippen LogP contribution in [0.3, 0.4) is 0 Å². The summed E-state index contributed by atoms with van der Waals surface area (Å²) in [6.07, 6.45) is 0. The van der Waals surface area contributed by atoms with Gasteiger partial charge in [0.1, 0.15) is 0 Å². The third-order valence-corrected chi connectivity index (χ3v) is 4.55. The molecular weight excluding hydrogens is 298 g/mol. The summed E-state index contributed by atoms with van der Waals surface area (Å²) >= 11 is 0. The Morgan fingerprint density at radius 3 is 1.75 bits per heavy atom. The topological polar surface area (TPSA) is 37.4 Å². The molecule has 0 atom stereocenters. The fourth-order valence-corrected chi connectivity index (χ4v) is 3.04. The van der Waals surface area contributed by atoms with E-state index in [2.05, 4.69) is 18.7 Å². The van der Waals surface area contributed by atoms with Gasteiger partial charge in [-0.1, -0.05) is 68.4 Å². The molecule has 0 amide bonds. The van der Waals surface area contributed by atoms with Crippen LogP contribution in [-0.4, -0.2) is 35.1 Å². The molecule has 0 aliphatic rings. The lowest BCUT2D eigenvalue weighted by atomic mass is 9.90. The van der Waals surface area contributed by atoms with E-state index in [1.54, 1.807) is 36.4 Å². The number of carbonyl (C=O) groups is 2. The Hall–Kier alpha value is -2.26. The van der Waals surface area contributed by atoms with Gasteiger partial charge in [0.25, 0.3) is 0 Å². The molecule has 24 heavy (non-hydrogen) atoms. The van der Waals surface area contributed by atoms with Crippen LogP contribution in [0.25, 0.3) is 0 Å². The largest absolute Gasteiger partial charge is 0.292 e. The van der Waals surface area contributed by atoms with Crippen LogP contribution in [0.4, 0.5) is 0 Å². The number of rotatable bonds is 7. The second-order valence-corrected chi connectivity index (χ2v) is 6.33. The Labute approximate surface area is 144 Å². The van der Waals surface area contributed by atoms with E-state index in [4.69, 9.17) is 0 Å². The average molecular weight is 323 g/mol. The zero-order valence-corrected chi connectivity index (χ0v) is 14.9. The Balaban J connectivity index is 2.23. The second kappa shape index (κ2) is 7.54. The molecule has 3 nitrogen and oxygen atoms in total. The third kappa shape index (κ3) is 3.62. The first-order valence-electron chi connectivity index (χ1n) is 8.41. The molecule has 0 radical (unpaired) electrons. The van der Waals surface area contributed by atoms with Crippen molar-refractivity contribution in [3.05, 3.63) is 71.3 Å². The summed E-state index contributed by atoms with van der Waals surface area (Å²) in [5, 5.41) is 0. The van der Waals surface area contributed by atoms with Crippen molar-refractivity contribution in [3.8, 4) is 0 Å². The van der Waals surface area contributed by atoms with Gasteiger partial charge in [-0.15, -0.1) is 0 Å². The fourth-order valence-electron chi connectivity index (χ4n) is 3.04. The van der Waals surface area contributed by atoms with Gasteiger partial charge < -0.3 is 0 Å². The number of benzene rings is 2. The number of likely N-dealkylation sites (N-methyl/N-ethyl adjacent to an activating group) is 1. The highest BCUT2D eigenvalue weighted by Crippen LogP contribution is 2.21. The molecule has 0 saturated carbocycles. The van der Waals surface area contributed by atoms with Gasteiger partial charge in [0.15, 0.2) is 11.6 Å². The molecule has 2 aromatic rings. The molecule has 0 N–H and O–H groups in total. The zero-order chi connectivity index (χ0) is 17.7. The van der Waals surface area contributed by atoms with Crippen LogP contribution >= 0.6 is 0 Å². The number of hydrogen-bond donors (Lipinski definition) is 0. The summed E-state index contributed by atoms with van der Waals surface area (Å²) < 4.78 is 0. The molecule has 2 rings (SSSR count). The van der Waals surface area contributed by atoms with E-state index in [1.807, 2.05) is 32.0 Å². The lowest BCUT2D eigenvalue weighted by Gasteiger charge is -2.35. The van der Waals surface area contributed by atoms with Crippen LogP contribution in [-0.2, 0) is 0 Å². The Bertz CT molecular complexity index is 698. The molecule has 0 bridgehead atoms. The highest BCUT2D eigenvalue weighted by Gasteiger charge is 2.33. The van der Waals surface area contributed by atoms with Crippen molar-refractivity contribution in [2.45, 2.75) is 33.2 Å². The van der Waals surface area contributed by atoms with Gasteiger partial charge in [-0.3, -0.25) is 14.5 Å². The summed E-state index contributed by atoms with van der Waals surface area (Å²) in [6, 6.07) is 16.1. The van der Waals surface area contributed by atoms with E-state index in [0.29, 0.717) is 16.7 Å². The molecule has 0 saturated heterocycles. The van der Waals surface area contributed by atoms with Gasteiger partial charge in [-0.2, -0.15) is 0 Å². The molecule has 0 aromatic heterocycles. The predicted octanol–water partition coefficient (Wildman–Crippen LogP) is 4.22. The summed E-state index contributed by atoms with van der Waals surface area (Å²) in [6.45, 7) is 9.65. The first-order chi connectivity index (χ1) is 11.4. The third-order valence-electron chi connectivity index (χ3n) is 4.55. The van der Waals surface area contributed by atoms with Gasteiger partial charge in [0.05, 0.1) is 5.54 Å². The van der Waals surface area contributed by atoms with Crippen LogP contribution in [0, 0.1) is 0 Å². The standard InChI is InChI=1S/C21H25NO2/c1-5-22(6-2)21(3,4)20(24)18-14-12-17(13-15-18)19(23)16-10-8-7-9-11-16/h7-15H,5-6H2,1-4H3. The average Bonchev–Trinajstić information content (AvgIpc) is 2.62. The van der Waals surface area contributed by atoms with Crippen molar-refractivity contribution in [1.29, 1.82) is 0 Å². The van der Waals surface area contributed by atoms with Gasteiger partial charge in [-0.05, 0) is 26.9 Å². The molecule has 0 heterocycles. The van der Waals surface area contributed by atoms with E-state index < -0.39 is 5.54 Å². The molecule has 0 aliphatic carbocycles. The van der Waals surface area contributed by atoms with Gasteiger partial charge in [0.2, 0.25) is 0 Å². The maximum absolute atomic E-state index is 12.9. The minimum absolute atomic E-state index is 0.0300. The minimum atomic E-state index is -0.561. The monoisotopic (exact) mass is 323 g/mol. The second-order valence-electron chi connectivity index (χ2n) is 6.33. The SMILES string of the molecule is CCN(CC)C(C)(C)C(=O)c1ccc(C(=O)c2ccccc2)cc1. The van der Waals surface area contributed by atoms with Gasteiger partial charge in [0, 0.05) is 16.7 Å². The quantitative estimate of drug-likeness (QED) is 0.716. The maximum Gasteiger partial charge on any atom is 0.193 e. The molecule has 3 heteroatoms. The van der Waals surface area contributed by atoms with Crippen LogP contribution in [0.5, 0.6) is 0 Å². The van der Waals surface area contributed by atoms with Crippen molar-refractivity contribution < 1.29 is 9.59 Å². The highest BCUT2D eigenvalue weighted by atomic mass is 16.1. The minimum Gasteiger partial charge on any atom is -0.292 e.